The van der Waals surface area contributed by atoms with Gasteiger partial charge in [0.05, 0.1) is 27.4 Å². The van der Waals surface area contributed by atoms with E-state index in [2.05, 4.69) is 0 Å². The lowest BCUT2D eigenvalue weighted by atomic mass is 9.75. The van der Waals surface area contributed by atoms with Crippen LogP contribution in [0.4, 0.5) is 11.4 Å². The molecule has 0 unspecified atom stereocenters. The van der Waals surface area contributed by atoms with Crippen LogP contribution in [0, 0.1) is 0 Å². The van der Waals surface area contributed by atoms with Crippen LogP contribution in [0.3, 0.4) is 0 Å². The predicted molar refractivity (Wildman–Crippen MR) is 150 cm³/mol. The van der Waals surface area contributed by atoms with Crippen LogP contribution in [0.2, 0.25) is 0 Å². The fourth-order valence-electron chi connectivity index (χ4n) is 5.53. The van der Waals surface area contributed by atoms with Crippen molar-refractivity contribution in [3.05, 3.63) is 105 Å². The minimum absolute atomic E-state index is 0.0450. The summed E-state index contributed by atoms with van der Waals surface area (Å²) in [5.74, 6) is -3.18. The molecule has 210 valence electrons. The predicted octanol–water partition coefficient (Wildman–Crippen LogP) is 2.72. The minimum Gasteiger partial charge on any atom is -0.397 e. The average molecular weight is 603 g/mol. The molecule has 0 atom stereocenters. The molecular weight excluding hydrogens is 584 g/mol. The van der Waals surface area contributed by atoms with E-state index in [-0.39, 0.29) is 27.8 Å². The van der Waals surface area contributed by atoms with Gasteiger partial charge in [0.15, 0.2) is 33.0 Å². The zero-order valence-corrected chi connectivity index (χ0v) is 23.1. The van der Waals surface area contributed by atoms with Crippen LogP contribution in [-0.4, -0.2) is 50.8 Å². The van der Waals surface area contributed by atoms with Crippen molar-refractivity contribution in [2.75, 3.05) is 17.7 Å². The maximum atomic E-state index is 13.9. The highest BCUT2D eigenvalue weighted by molar-refractivity contribution is 7.90. The molecule has 4 aromatic carbocycles. The van der Waals surface area contributed by atoms with E-state index in [4.69, 9.17) is 11.5 Å². The van der Waals surface area contributed by atoms with Gasteiger partial charge in [0.1, 0.15) is 4.90 Å². The molecule has 0 heterocycles. The van der Waals surface area contributed by atoms with Crippen LogP contribution in [-0.2, 0) is 20.0 Å². The van der Waals surface area contributed by atoms with E-state index in [9.17, 15) is 40.6 Å². The molecule has 0 spiro atoms. The maximum absolute atomic E-state index is 13.9. The molecule has 0 fully saturated rings. The highest BCUT2D eigenvalue weighted by Crippen LogP contribution is 2.46. The van der Waals surface area contributed by atoms with Crippen molar-refractivity contribution in [2.45, 2.75) is 9.79 Å². The van der Waals surface area contributed by atoms with Crippen LogP contribution in [0.1, 0.15) is 63.7 Å². The lowest BCUT2D eigenvalue weighted by molar-refractivity contribution is 0.0978. The summed E-state index contributed by atoms with van der Waals surface area (Å²) in [4.78, 5) is 53.6. The number of hydrogen-bond donors (Lipinski definition) is 3. The zero-order valence-electron chi connectivity index (χ0n) is 21.5. The molecule has 0 saturated heterocycles. The number of sulfone groups is 1. The molecule has 13 heteroatoms. The lowest BCUT2D eigenvalue weighted by Crippen LogP contribution is -2.27. The van der Waals surface area contributed by atoms with Gasteiger partial charge in [-0.15, -0.1) is 0 Å². The van der Waals surface area contributed by atoms with Gasteiger partial charge in [0, 0.05) is 39.6 Å². The molecular formula is C29H18N2O9S2. The van der Waals surface area contributed by atoms with Crippen molar-refractivity contribution in [1.82, 2.24) is 0 Å². The molecule has 2 aliphatic carbocycles. The van der Waals surface area contributed by atoms with Gasteiger partial charge in [-0.05, 0) is 23.3 Å². The number of nitrogen functional groups attached to an aromatic ring is 2. The number of ketones is 4. The molecule has 0 bridgehead atoms. The van der Waals surface area contributed by atoms with E-state index in [1.165, 1.54) is 48.5 Å². The molecule has 0 aromatic heterocycles. The van der Waals surface area contributed by atoms with E-state index in [0.717, 1.165) is 18.4 Å². The second-order valence-corrected chi connectivity index (χ2v) is 13.2. The first kappa shape index (κ1) is 27.2. The Balaban J connectivity index is 1.85. The van der Waals surface area contributed by atoms with Gasteiger partial charge in [0.2, 0.25) is 0 Å². The number of rotatable bonds is 3. The SMILES string of the molecule is CS(=O)(=O)c1cc(-c2cc(S(=O)(=O)O)c(N)c3c2C(=O)c2ccccc2C3=O)c2c(c1N)C(=O)c1ccccc1C2=O. The van der Waals surface area contributed by atoms with Gasteiger partial charge >= 0.3 is 0 Å². The van der Waals surface area contributed by atoms with Gasteiger partial charge in [-0.2, -0.15) is 8.42 Å². The van der Waals surface area contributed by atoms with E-state index in [0.29, 0.717) is 0 Å². The summed E-state index contributed by atoms with van der Waals surface area (Å²) in [5, 5.41) is 0. The quantitative estimate of drug-likeness (QED) is 0.198. The van der Waals surface area contributed by atoms with E-state index in [1.54, 1.807) is 0 Å². The highest BCUT2D eigenvalue weighted by Gasteiger charge is 2.41. The molecule has 0 radical (unpaired) electrons. The topological polar surface area (TPSA) is 209 Å². The molecule has 5 N–H and O–H groups in total. The average Bonchev–Trinajstić information content (AvgIpc) is 2.93. The lowest BCUT2D eigenvalue weighted by Gasteiger charge is -2.27. The Morgan fingerprint density at radius 1 is 0.524 bits per heavy atom. The number of carbonyl (C=O) groups excluding carboxylic acids is 4. The van der Waals surface area contributed by atoms with Crippen LogP contribution >= 0.6 is 0 Å². The molecule has 0 aliphatic heterocycles. The number of fused-ring (bicyclic) bond motifs is 4. The third kappa shape index (κ3) is 3.67. The van der Waals surface area contributed by atoms with Gasteiger partial charge in [-0.1, -0.05) is 48.5 Å². The van der Waals surface area contributed by atoms with Crippen LogP contribution in [0.5, 0.6) is 0 Å². The largest absolute Gasteiger partial charge is 0.397 e. The summed E-state index contributed by atoms with van der Waals surface area (Å²) in [6.45, 7) is 0. The van der Waals surface area contributed by atoms with Crippen LogP contribution < -0.4 is 11.5 Å². The van der Waals surface area contributed by atoms with Gasteiger partial charge < -0.3 is 11.5 Å². The van der Waals surface area contributed by atoms with Crippen molar-refractivity contribution in [3.8, 4) is 11.1 Å². The summed E-state index contributed by atoms with van der Waals surface area (Å²) in [6.07, 6.45) is 0.810. The number of hydrogen-bond acceptors (Lipinski definition) is 10. The molecule has 0 saturated carbocycles. The standard InChI is InChI=1S/C29H18N2O9S2/c1-41(36,37)18-10-16(20-22(24(18)30)28(34)14-8-4-2-6-12(14)26(20)32)17-11-19(42(38,39)40)25(31)23-21(17)27(33)13-7-3-5-9-15(13)29(23)35/h2-11H,30-31H2,1H3,(H,38,39,40). The summed E-state index contributed by atoms with van der Waals surface area (Å²) in [7, 11) is -9.33. The summed E-state index contributed by atoms with van der Waals surface area (Å²) < 4.78 is 60.6. The molecule has 4 aromatic rings. The number of anilines is 2. The van der Waals surface area contributed by atoms with Crippen LogP contribution in [0.15, 0.2) is 70.5 Å². The molecule has 6 rings (SSSR count). The Morgan fingerprint density at radius 3 is 1.17 bits per heavy atom. The monoisotopic (exact) mass is 602 g/mol. The number of nitrogens with two attached hydrogens (primary N) is 2. The normalized spacial score (nSPS) is 14.2. The van der Waals surface area contributed by atoms with Crippen molar-refractivity contribution < 1.29 is 40.6 Å². The third-order valence-corrected chi connectivity index (χ3v) is 9.40. The summed E-state index contributed by atoms with van der Waals surface area (Å²) in [6, 6.07) is 13.1. The zero-order chi connectivity index (χ0) is 30.5. The van der Waals surface area contributed by atoms with E-state index >= 15 is 0 Å². The first-order chi connectivity index (χ1) is 19.6. The van der Waals surface area contributed by atoms with Crippen LogP contribution in [0.25, 0.3) is 11.1 Å². The first-order valence-corrected chi connectivity index (χ1v) is 15.5. The fraction of sp³-hybridized carbons (Fsp3) is 0.0345. The van der Waals surface area contributed by atoms with Crippen molar-refractivity contribution >= 4 is 54.5 Å². The van der Waals surface area contributed by atoms with Crippen molar-refractivity contribution in [1.29, 1.82) is 0 Å². The molecule has 42 heavy (non-hydrogen) atoms. The van der Waals surface area contributed by atoms with Gasteiger partial charge in [-0.25, -0.2) is 8.42 Å². The number of carbonyl (C=O) groups is 4. The minimum atomic E-state index is -5.14. The Labute approximate surface area is 238 Å². The summed E-state index contributed by atoms with van der Waals surface area (Å²) >= 11 is 0. The highest BCUT2D eigenvalue weighted by atomic mass is 32.2. The van der Waals surface area contributed by atoms with Gasteiger partial charge in [-0.3, -0.25) is 23.7 Å². The summed E-state index contributed by atoms with van der Waals surface area (Å²) in [5.41, 5.74) is 8.13. The smallest absolute Gasteiger partial charge is 0.296 e. The molecule has 0 amide bonds. The Hall–Kier alpha value is -4.98. The Bertz CT molecular complexity index is 2080. The van der Waals surface area contributed by atoms with E-state index < -0.39 is 92.1 Å². The Kier molecular flexibility index (Phi) is 5.67. The second kappa shape index (κ2) is 8.76. The van der Waals surface area contributed by atoms with Crippen molar-refractivity contribution in [2.24, 2.45) is 0 Å². The fourth-order valence-corrected chi connectivity index (χ4v) is 7.01. The van der Waals surface area contributed by atoms with Crippen molar-refractivity contribution in [3.63, 3.8) is 0 Å². The second-order valence-electron chi connectivity index (χ2n) is 9.83. The molecule has 11 nitrogen and oxygen atoms in total. The maximum Gasteiger partial charge on any atom is 0.296 e. The number of benzene rings is 4. The third-order valence-electron chi connectivity index (χ3n) is 7.37. The Morgan fingerprint density at radius 2 is 0.833 bits per heavy atom. The molecule has 2 aliphatic rings. The van der Waals surface area contributed by atoms with E-state index in [1.807, 2.05) is 0 Å². The first-order valence-electron chi connectivity index (χ1n) is 12.1. The van der Waals surface area contributed by atoms with Gasteiger partial charge in [0.25, 0.3) is 10.1 Å².